The Kier molecular flexibility index (Phi) is 3.36. The molecule has 0 aliphatic heterocycles. The van der Waals surface area contributed by atoms with Gasteiger partial charge in [-0.15, -0.1) is 11.3 Å². The summed E-state index contributed by atoms with van der Waals surface area (Å²) in [6.45, 7) is 4.15. The maximum Gasteiger partial charge on any atom is 0.102 e. The fraction of sp³-hybridized carbons (Fsp3) is 0.455. The Morgan fingerprint density at radius 2 is 2.31 bits per heavy atom. The molecule has 0 saturated carbocycles. The number of hydrogen-bond acceptors (Lipinski definition) is 4. The van der Waals surface area contributed by atoms with Gasteiger partial charge in [0.1, 0.15) is 6.10 Å². The minimum Gasteiger partial charge on any atom is -0.386 e. The Morgan fingerprint density at radius 3 is 2.88 bits per heavy atom. The van der Waals surface area contributed by atoms with Gasteiger partial charge in [0.05, 0.1) is 16.9 Å². The Hall–Kier alpha value is -1.20. The Balaban J connectivity index is 2.03. The van der Waals surface area contributed by atoms with E-state index in [1.165, 1.54) is 11.3 Å². The number of hydrogen-bond donors (Lipinski definition) is 1. The zero-order valence-electron chi connectivity index (χ0n) is 9.37. The average molecular weight is 237 g/mol. The molecule has 0 aliphatic rings. The second-order valence-corrected chi connectivity index (χ2v) is 4.73. The van der Waals surface area contributed by atoms with Crippen LogP contribution in [0.4, 0.5) is 0 Å². The minimum absolute atomic E-state index is 0.352. The molecule has 16 heavy (non-hydrogen) atoms. The van der Waals surface area contributed by atoms with E-state index in [2.05, 4.69) is 23.9 Å². The zero-order valence-corrected chi connectivity index (χ0v) is 10.2. The van der Waals surface area contributed by atoms with E-state index in [4.69, 9.17) is 0 Å². The third-order valence-electron chi connectivity index (χ3n) is 2.39. The summed E-state index contributed by atoms with van der Waals surface area (Å²) in [6.07, 6.45) is 1.90. The van der Waals surface area contributed by atoms with Crippen molar-refractivity contribution in [2.75, 3.05) is 0 Å². The average Bonchev–Trinajstić information content (AvgIpc) is 2.87. The maximum atomic E-state index is 9.91. The van der Waals surface area contributed by atoms with Gasteiger partial charge in [-0.25, -0.2) is 4.98 Å². The van der Waals surface area contributed by atoms with Gasteiger partial charge in [0.2, 0.25) is 0 Å². The predicted molar refractivity (Wildman–Crippen MR) is 63.4 cm³/mol. The van der Waals surface area contributed by atoms with Crippen molar-refractivity contribution in [1.29, 1.82) is 0 Å². The van der Waals surface area contributed by atoms with E-state index < -0.39 is 6.10 Å². The van der Waals surface area contributed by atoms with Crippen molar-refractivity contribution in [3.05, 3.63) is 34.5 Å². The molecule has 5 heteroatoms. The number of aliphatic hydroxyl groups excluding tert-OH is 1. The summed E-state index contributed by atoms with van der Waals surface area (Å²) < 4.78 is 1.89. The third-order valence-corrected chi connectivity index (χ3v) is 2.99. The predicted octanol–water partition coefficient (Wildman–Crippen LogP) is 2.20. The van der Waals surface area contributed by atoms with Crippen molar-refractivity contribution < 1.29 is 5.11 Å². The van der Waals surface area contributed by atoms with Crippen molar-refractivity contribution in [3.8, 4) is 0 Å². The summed E-state index contributed by atoms with van der Waals surface area (Å²) in [5, 5.41) is 16.2. The number of aromatic nitrogens is 3. The maximum absolute atomic E-state index is 9.91. The number of aliphatic hydroxyl groups is 1. The SMILES string of the molecule is CC(C)n1ccc(CC(O)c2cscn2)n1. The lowest BCUT2D eigenvalue weighted by Gasteiger charge is -2.06. The van der Waals surface area contributed by atoms with E-state index in [0.717, 1.165) is 11.4 Å². The summed E-state index contributed by atoms with van der Waals surface area (Å²) in [7, 11) is 0. The monoisotopic (exact) mass is 237 g/mol. The molecule has 2 rings (SSSR count). The van der Waals surface area contributed by atoms with Crippen molar-refractivity contribution >= 4 is 11.3 Å². The van der Waals surface area contributed by atoms with E-state index in [9.17, 15) is 5.11 Å². The summed E-state index contributed by atoms with van der Waals surface area (Å²) in [5.41, 5.74) is 3.35. The molecule has 0 amide bonds. The van der Waals surface area contributed by atoms with Crippen molar-refractivity contribution in [2.45, 2.75) is 32.4 Å². The molecule has 2 heterocycles. The zero-order chi connectivity index (χ0) is 11.5. The van der Waals surface area contributed by atoms with E-state index in [-0.39, 0.29) is 0 Å². The van der Waals surface area contributed by atoms with Crippen LogP contribution in [0.15, 0.2) is 23.2 Å². The highest BCUT2D eigenvalue weighted by Gasteiger charge is 2.12. The molecule has 1 N–H and O–H groups in total. The van der Waals surface area contributed by atoms with E-state index in [1.54, 1.807) is 5.51 Å². The Labute approximate surface area is 98.6 Å². The van der Waals surface area contributed by atoms with Gasteiger partial charge in [-0.05, 0) is 19.9 Å². The van der Waals surface area contributed by atoms with E-state index in [0.29, 0.717) is 12.5 Å². The standard InChI is InChI=1S/C11H15N3OS/c1-8(2)14-4-3-9(13-14)5-11(15)10-6-16-7-12-10/h3-4,6-8,11,15H,5H2,1-2H3. The molecule has 2 aromatic heterocycles. The normalized spacial score (nSPS) is 13.2. The first-order valence-corrected chi connectivity index (χ1v) is 6.21. The molecule has 0 aliphatic carbocycles. The van der Waals surface area contributed by atoms with Gasteiger partial charge < -0.3 is 5.11 Å². The Bertz CT molecular complexity index is 436. The molecule has 0 spiro atoms. The van der Waals surface area contributed by atoms with Crippen molar-refractivity contribution in [3.63, 3.8) is 0 Å². The summed E-state index contributed by atoms with van der Waals surface area (Å²) >= 11 is 1.49. The number of thiazole rings is 1. The van der Waals surface area contributed by atoms with Crippen molar-refractivity contribution in [1.82, 2.24) is 14.8 Å². The van der Waals surface area contributed by atoms with Gasteiger partial charge in [-0.1, -0.05) is 0 Å². The fourth-order valence-corrected chi connectivity index (χ4v) is 2.06. The van der Waals surface area contributed by atoms with E-state index in [1.807, 2.05) is 22.3 Å². The molecule has 86 valence electrons. The first-order chi connectivity index (χ1) is 7.66. The second-order valence-electron chi connectivity index (χ2n) is 4.01. The van der Waals surface area contributed by atoms with Gasteiger partial charge in [-0.2, -0.15) is 5.10 Å². The van der Waals surface area contributed by atoms with Crippen LogP contribution >= 0.6 is 11.3 Å². The van der Waals surface area contributed by atoms with Gasteiger partial charge in [0, 0.05) is 24.0 Å². The third kappa shape index (κ3) is 2.48. The number of nitrogens with zero attached hydrogens (tertiary/aromatic N) is 3. The van der Waals surface area contributed by atoms with Gasteiger partial charge in [0.25, 0.3) is 0 Å². The molecule has 4 nitrogen and oxygen atoms in total. The van der Waals surface area contributed by atoms with Crippen LogP contribution in [-0.4, -0.2) is 19.9 Å². The highest BCUT2D eigenvalue weighted by molar-refractivity contribution is 7.07. The summed E-state index contributed by atoms with van der Waals surface area (Å²) in [4.78, 5) is 4.09. The van der Waals surface area contributed by atoms with Crippen molar-refractivity contribution in [2.24, 2.45) is 0 Å². The van der Waals surface area contributed by atoms with Gasteiger partial charge in [0.15, 0.2) is 0 Å². The van der Waals surface area contributed by atoms with E-state index >= 15 is 0 Å². The molecular formula is C11H15N3OS. The molecular weight excluding hydrogens is 222 g/mol. The summed E-state index contributed by atoms with van der Waals surface area (Å²) in [6, 6.07) is 2.29. The molecule has 0 fully saturated rings. The molecule has 0 saturated heterocycles. The molecule has 2 aromatic rings. The number of rotatable bonds is 4. The first kappa shape index (κ1) is 11.3. The highest BCUT2D eigenvalue weighted by atomic mass is 32.1. The smallest absolute Gasteiger partial charge is 0.102 e. The lowest BCUT2D eigenvalue weighted by Crippen LogP contribution is -2.05. The van der Waals surface area contributed by atoms with Gasteiger partial charge >= 0.3 is 0 Å². The highest BCUT2D eigenvalue weighted by Crippen LogP contribution is 2.17. The van der Waals surface area contributed by atoms with Crippen LogP contribution in [0.5, 0.6) is 0 Å². The minimum atomic E-state index is -0.554. The molecule has 0 radical (unpaired) electrons. The van der Waals surface area contributed by atoms with Crippen LogP contribution in [0.2, 0.25) is 0 Å². The molecule has 1 unspecified atom stereocenters. The van der Waals surface area contributed by atoms with Crippen LogP contribution in [-0.2, 0) is 6.42 Å². The molecule has 1 atom stereocenters. The lowest BCUT2D eigenvalue weighted by atomic mass is 10.1. The van der Waals surface area contributed by atoms with Crippen LogP contribution < -0.4 is 0 Å². The lowest BCUT2D eigenvalue weighted by molar-refractivity contribution is 0.172. The summed E-state index contributed by atoms with van der Waals surface area (Å²) in [5.74, 6) is 0. The Morgan fingerprint density at radius 1 is 1.50 bits per heavy atom. The van der Waals surface area contributed by atoms with Crippen LogP contribution in [0.1, 0.15) is 37.4 Å². The molecule has 0 aromatic carbocycles. The van der Waals surface area contributed by atoms with Crippen LogP contribution in [0.3, 0.4) is 0 Å². The quantitative estimate of drug-likeness (QED) is 0.887. The topological polar surface area (TPSA) is 50.9 Å². The second kappa shape index (κ2) is 4.76. The van der Waals surface area contributed by atoms with Gasteiger partial charge in [-0.3, -0.25) is 4.68 Å². The van der Waals surface area contributed by atoms with Crippen LogP contribution in [0, 0.1) is 0 Å². The van der Waals surface area contributed by atoms with Crippen LogP contribution in [0.25, 0.3) is 0 Å². The fourth-order valence-electron chi connectivity index (χ4n) is 1.46. The molecule has 0 bridgehead atoms. The first-order valence-electron chi connectivity index (χ1n) is 5.27. The largest absolute Gasteiger partial charge is 0.386 e.